The van der Waals surface area contributed by atoms with Crippen molar-refractivity contribution in [3.8, 4) is 5.75 Å². The van der Waals surface area contributed by atoms with Crippen LogP contribution in [-0.4, -0.2) is 44.9 Å². The van der Waals surface area contributed by atoms with Gasteiger partial charge in [0.1, 0.15) is 17.3 Å². The summed E-state index contributed by atoms with van der Waals surface area (Å²) in [6, 6.07) is 11.4. The number of benzene rings is 2. The number of carbonyl (C=O) groups excluding carboxylic acids is 2. The number of hydrogen-bond donors (Lipinski definition) is 1. The Morgan fingerprint density at radius 1 is 1.16 bits per heavy atom. The molecule has 8 heteroatoms. The van der Waals surface area contributed by atoms with E-state index in [2.05, 4.69) is 4.98 Å². The Balaban J connectivity index is 1.75. The number of ketones is 1. The van der Waals surface area contributed by atoms with Gasteiger partial charge in [-0.1, -0.05) is 24.3 Å². The summed E-state index contributed by atoms with van der Waals surface area (Å²) in [5.74, 6) is -1.86. The van der Waals surface area contributed by atoms with Crippen LogP contribution in [-0.2, 0) is 16.1 Å². The monoisotopic (exact) mass is 435 g/mol. The summed E-state index contributed by atoms with van der Waals surface area (Å²) in [4.78, 5) is 31.3. The van der Waals surface area contributed by atoms with Crippen molar-refractivity contribution in [1.82, 2.24) is 14.5 Å². The highest BCUT2D eigenvalue weighted by atomic mass is 19.1. The van der Waals surface area contributed by atoms with Crippen molar-refractivity contribution < 1.29 is 23.8 Å². The molecule has 1 unspecified atom stereocenters. The molecule has 1 aliphatic heterocycles. The van der Waals surface area contributed by atoms with Gasteiger partial charge in [0.25, 0.3) is 11.7 Å². The zero-order chi connectivity index (χ0) is 22.7. The quantitative estimate of drug-likeness (QED) is 0.349. The molecule has 0 spiro atoms. The number of carbonyl (C=O) groups is 2. The fraction of sp³-hybridized carbons (Fsp3) is 0.208. The molecule has 1 aliphatic rings. The van der Waals surface area contributed by atoms with Crippen LogP contribution >= 0.6 is 0 Å². The fourth-order valence-corrected chi connectivity index (χ4v) is 3.90. The lowest BCUT2D eigenvalue weighted by Gasteiger charge is -2.25. The average Bonchev–Trinajstić information content (AvgIpc) is 3.41. The lowest BCUT2D eigenvalue weighted by atomic mass is 9.95. The van der Waals surface area contributed by atoms with Crippen molar-refractivity contribution in [2.75, 3.05) is 13.7 Å². The van der Waals surface area contributed by atoms with Crippen molar-refractivity contribution in [1.29, 1.82) is 0 Å². The van der Waals surface area contributed by atoms with Gasteiger partial charge in [0, 0.05) is 31.0 Å². The molecule has 1 atom stereocenters. The van der Waals surface area contributed by atoms with Crippen molar-refractivity contribution >= 4 is 17.4 Å². The SMILES string of the molecule is COc1cccc(C(O)=C2C(=O)C(=O)N(CCCn3ccnc3)C2c2cccc(F)c2)c1. The fourth-order valence-electron chi connectivity index (χ4n) is 3.90. The summed E-state index contributed by atoms with van der Waals surface area (Å²) in [6.07, 6.45) is 5.68. The van der Waals surface area contributed by atoms with E-state index in [-0.39, 0.29) is 17.9 Å². The van der Waals surface area contributed by atoms with E-state index in [0.29, 0.717) is 29.8 Å². The number of aromatic nitrogens is 2. The first-order valence-electron chi connectivity index (χ1n) is 10.1. The Morgan fingerprint density at radius 2 is 1.97 bits per heavy atom. The molecule has 0 aliphatic carbocycles. The van der Waals surface area contributed by atoms with Gasteiger partial charge in [-0.15, -0.1) is 0 Å². The van der Waals surface area contributed by atoms with Crippen LogP contribution < -0.4 is 4.74 Å². The first-order chi connectivity index (χ1) is 15.5. The van der Waals surface area contributed by atoms with E-state index in [1.54, 1.807) is 49.1 Å². The molecular weight excluding hydrogens is 413 g/mol. The van der Waals surface area contributed by atoms with Crippen molar-refractivity contribution in [2.45, 2.75) is 19.0 Å². The third-order valence-corrected chi connectivity index (χ3v) is 5.42. The second kappa shape index (κ2) is 9.05. The Labute approximate surface area is 184 Å². The molecule has 2 aromatic carbocycles. The van der Waals surface area contributed by atoms with E-state index < -0.39 is 23.5 Å². The molecule has 1 N–H and O–H groups in total. The molecule has 0 bridgehead atoms. The van der Waals surface area contributed by atoms with Gasteiger partial charge in [0.05, 0.1) is 25.1 Å². The molecule has 0 radical (unpaired) electrons. The summed E-state index contributed by atoms with van der Waals surface area (Å²) in [7, 11) is 1.49. The number of aliphatic hydroxyl groups is 1. The van der Waals surface area contributed by atoms with Gasteiger partial charge >= 0.3 is 0 Å². The predicted molar refractivity (Wildman–Crippen MR) is 115 cm³/mol. The third kappa shape index (κ3) is 4.12. The van der Waals surface area contributed by atoms with E-state index in [4.69, 9.17) is 4.74 Å². The summed E-state index contributed by atoms with van der Waals surface area (Å²) in [6.45, 7) is 0.841. The number of rotatable bonds is 7. The van der Waals surface area contributed by atoms with Gasteiger partial charge in [0.2, 0.25) is 0 Å². The van der Waals surface area contributed by atoms with Crippen LogP contribution in [0.3, 0.4) is 0 Å². The molecule has 3 aromatic rings. The number of aryl methyl sites for hydroxylation is 1. The Bertz CT molecular complexity index is 1170. The maximum absolute atomic E-state index is 14.0. The Kier molecular flexibility index (Phi) is 6.02. The molecule has 2 heterocycles. The minimum atomic E-state index is -0.903. The predicted octanol–water partition coefficient (Wildman–Crippen LogP) is 3.54. The van der Waals surface area contributed by atoms with Gasteiger partial charge in [-0.25, -0.2) is 9.37 Å². The number of Topliss-reactive ketones (excluding diaryl/α,β-unsaturated/α-hetero) is 1. The average molecular weight is 435 g/mol. The number of amides is 1. The van der Waals surface area contributed by atoms with Gasteiger partial charge < -0.3 is 19.3 Å². The van der Waals surface area contributed by atoms with E-state index in [9.17, 15) is 19.1 Å². The standard InChI is InChI=1S/C24H22FN3O4/c1-32-19-8-3-6-17(14-19)22(29)20-21(16-5-2-7-18(25)13-16)28(24(31)23(20)30)11-4-10-27-12-9-26-15-27/h2-3,5-9,12-15,21,29H,4,10-11H2,1H3. The Hall–Kier alpha value is -3.94. The van der Waals surface area contributed by atoms with Crippen LogP contribution in [0, 0.1) is 5.82 Å². The second-order valence-corrected chi connectivity index (χ2v) is 7.43. The lowest BCUT2D eigenvalue weighted by molar-refractivity contribution is -0.139. The highest BCUT2D eigenvalue weighted by Crippen LogP contribution is 2.40. The number of halogens is 1. The highest BCUT2D eigenvalue weighted by molar-refractivity contribution is 6.46. The number of hydrogen-bond acceptors (Lipinski definition) is 5. The number of methoxy groups -OCH3 is 1. The normalized spacial score (nSPS) is 17.7. The van der Waals surface area contributed by atoms with E-state index >= 15 is 0 Å². The molecule has 0 saturated carbocycles. The Morgan fingerprint density at radius 3 is 2.69 bits per heavy atom. The first kappa shape index (κ1) is 21.3. The molecule has 1 amide bonds. The van der Waals surface area contributed by atoms with Crippen molar-refractivity contribution in [3.05, 3.63) is 89.8 Å². The lowest BCUT2D eigenvalue weighted by Crippen LogP contribution is -2.31. The molecule has 164 valence electrons. The van der Waals surface area contributed by atoms with Gasteiger partial charge in [-0.2, -0.15) is 0 Å². The van der Waals surface area contributed by atoms with Crippen LogP contribution in [0.2, 0.25) is 0 Å². The molecule has 4 rings (SSSR count). The van der Waals surface area contributed by atoms with Crippen LogP contribution in [0.15, 0.2) is 72.8 Å². The van der Waals surface area contributed by atoms with E-state index in [1.807, 2.05) is 4.57 Å². The minimum Gasteiger partial charge on any atom is -0.507 e. The molecule has 1 aromatic heterocycles. The minimum absolute atomic E-state index is 0.0727. The number of aliphatic hydroxyl groups excluding tert-OH is 1. The summed E-state index contributed by atoms with van der Waals surface area (Å²) >= 11 is 0. The zero-order valence-electron chi connectivity index (χ0n) is 17.4. The highest BCUT2D eigenvalue weighted by Gasteiger charge is 2.45. The van der Waals surface area contributed by atoms with Crippen LogP contribution in [0.4, 0.5) is 4.39 Å². The topological polar surface area (TPSA) is 84.7 Å². The van der Waals surface area contributed by atoms with Crippen molar-refractivity contribution in [3.63, 3.8) is 0 Å². The molecule has 7 nitrogen and oxygen atoms in total. The van der Waals surface area contributed by atoms with Gasteiger partial charge in [-0.05, 0) is 36.2 Å². The molecule has 32 heavy (non-hydrogen) atoms. The third-order valence-electron chi connectivity index (χ3n) is 5.42. The van der Waals surface area contributed by atoms with E-state index in [1.165, 1.54) is 30.2 Å². The van der Waals surface area contributed by atoms with Crippen molar-refractivity contribution in [2.24, 2.45) is 0 Å². The number of imidazole rings is 1. The maximum Gasteiger partial charge on any atom is 0.295 e. The van der Waals surface area contributed by atoms with Crippen LogP contribution in [0.25, 0.3) is 5.76 Å². The smallest absolute Gasteiger partial charge is 0.295 e. The first-order valence-corrected chi connectivity index (χ1v) is 10.1. The summed E-state index contributed by atoms with van der Waals surface area (Å²) < 4.78 is 21.1. The molecule has 1 saturated heterocycles. The van der Waals surface area contributed by atoms with Gasteiger partial charge in [0.15, 0.2) is 0 Å². The molecular formula is C24H22FN3O4. The molecule has 1 fully saturated rings. The van der Waals surface area contributed by atoms with Crippen LogP contribution in [0.5, 0.6) is 5.75 Å². The zero-order valence-corrected chi connectivity index (χ0v) is 17.4. The number of nitrogens with zero attached hydrogens (tertiary/aromatic N) is 3. The van der Waals surface area contributed by atoms with Gasteiger partial charge in [-0.3, -0.25) is 9.59 Å². The number of likely N-dealkylation sites (tertiary alicyclic amines) is 1. The summed E-state index contributed by atoms with van der Waals surface area (Å²) in [5, 5.41) is 11.0. The maximum atomic E-state index is 14.0. The van der Waals surface area contributed by atoms with Crippen LogP contribution in [0.1, 0.15) is 23.6 Å². The summed E-state index contributed by atoms with van der Waals surface area (Å²) in [5.41, 5.74) is 0.676. The largest absolute Gasteiger partial charge is 0.507 e. The number of ether oxygens (including phenoxy) is 1. The van der Waals surface area contributed by atoms with E-state index in [0.717, 1.165) is 0 Å². The second-order valence-electron chi connectivity index (χ2n) is 7.43.